The first-order valence-electron chi connectivity index (χ1n) is 7.88. The van der Waals surface area contributed by atoms with Crippen LogP contribution in [-0.4, -0.2) is 34.7 Å². The van der Waals surface area contributed by atoms with Crippen molar-refractivity contribution < 1.29 is 5.11 Å². The molecule has 2 atom stereocenters. The predicted molar refractivity (Wildman–Crippen MR) is 81.7 cm³/mol. The number of aromatic hydroxyl groups is 1. The Labute approximate surface area is 122 Å². The third kappa shape index (κ3) is 2.70. The lowest BCUT2D eigenvalue weighted by molar-refractivity contribution is 0.0270. The summed E-state index contributed by atoms with van der Waals surface area (Å²) >= 11 is 0. The van der Waals surface area contributed by atoms with Gasteiger partial charge in [0.2, 0.25) is 0 Å². The largest absolute Gasteiger partial charge is 0.508 e. The van der Waals surface area contributed by atoms with E-state index in [-0.39, 0.29) is 5.54 Å². The van der Waals surface area contributed by atoms with Gasteiger partial charge in [0, 0.05) is 31.2 Å². The van der Waals surface area contributed by atoms with Crippen molar-refractivity contribution in [3.8, 4) is 5.75 Å². The van der Waals surface area contributed by atoms with E-state index in [2.05, 4.69) is 30.1 Å². The first-order valence-corrected chi connectivity index (χ1v) is 7.88. The lowest BCUT2D eigenvalue weighted by atomic mass is 9.88. The van der Waals surface area contributed by atoms with Gasteiger partial charge in [0.15, 0.2) is 0 Å². The zero-order valence-electron chi connectivity index (χ0n) is 12.6. The molecule has 3 nitrogen and oxygen atoms in total. The summed E-state index contributed by atoms with van der Waals surface area (Å²) < 4.78 is 0. The highest BCUT2D eigenvalue weighted by Gasteiger charge is 2.47. The Morgan fingerprint density at radius 3 is 2.85 bits per heavy atom. The number of hydrogen-bond donors (Lipinski definition) is 2. The number of benzene rings is 1. The zero-order chi connectivity index (χ0) is 14.2. The molecule has 0 spiro atoms. The van der Waals surface area contributed by atoms with E-state index >= 15 is 0 Å². The van der Waals surface area contributed by atoms with Crippen LogP contribution >= 0.6 is 0 Å². The van der Waals surface area contributed by atoms with Crippen LogP contribution in [0.1, 0.15) is 38.7 Å². The van der Waals surface area contributed by atoms with E-state index in [1.165, 1.54) is 24.8 Å². The molecule has 1 aliphatic carbocycles. The Balaban J connectivity index is 1.78. The van der Waals surface area contributed by atoms with Crippen molar-refractivity contribution in [2.24, 2.45) is 5.92 Å². The van der Waals surface area contributed by atoms with Crippen LogP contribution in [0.15, 0.2) is 24.3 Å². The van der Waals surface area contributed by atoms with E-state index < -0.39 is 0 Å². The Kier molecular flexibility index (Phi) is 3.74. The maximum absolute atomic E-state index is 9.66. The van der Waals surface area contributed by atoms with E-state index in [9.17, 15) is 5.11 Å². The maximum Gasteiger partial charge on any atom is 0.115 e. The van der Waals surface area contributed by atoms with Gasteiger partial charge in [-0.2, -0.15) is 0 Å². The maximum atomic E-state index is 9.66. The van der Waals surface area contributed by atoms with Gasteiger partial charge in [-0.1, -0.05) is 19.1 Å². The number of hydrogen-bond acceptors (Lipinski definition) is 3. The van der Waals surface area contributed by atoms with Crippen molar-refractivity contribution in [2.45, 2.75) is 51.2 Å². The van der Waals surface area contributed by atoms with Crippen molar-refractivity contribution in [1.29, 1.82) is 0 Å². The molecule has 2 N–H and O–H groups in total. The van der Waals surface area contributed by atoms with Gasteiger partial charge in [-0.3, -0.25) is 4.90 Å². The van der Waals surface area contributed by atoms with Crippen LogP contribution in [0.4, 0.5) is 0 Å². The van der Waals surface area contributed by atoms with Crippen molar-refractivity contribution in [1.82, 2.24) is 10.2 Å². The number of nitrogens with zero attached hydrogens (tertiary/aromatic N) is 1. The molecular weight excluding hydrogens is 248 g/mol. The molecule has 2 unspecified atom stereocenters. The summed E-state index contributed by atoms with van der Waals surface area (Å²) in [4.78, 5) is 2.64. The van der Waals surface area contributed by atoms with Crippen molar-refractivity contribution in [3.05, 3.63) is 29.8 Å². The highest BCUT2D eigenvalue weighted by Crippen LogP contribution is 2.44. The Morgan fingerprint density at radius 1 is 1.40 bits per heavy atom. The van der Waals surface area contributed by atoms with Gasteiger partial charge in [-0.05, 0) is 49.8 Å². The molecule has 0 bridgehead atoms. The Bertz CT molecular complexity index is 472. The molecule has 2 fully saturated rings. The van der Waals surface area contributed by atoms with Gasteiger partial charge in [0.1, 0.15) is 5.75 Å². The molecule has 20 heavy (non-hydrogen) atoms. The molecule has 0 aromatic heterocycles. The fourth-order valence-corrected chi connectivity index (χ4v) is 3.50. The average molecular weight is 274 g/mol. The molecule has 2 aliphatic rings. The molecule has 0 amide bonds. The van der Waals surface area contributed by atoms with Gasteiger partial charge in [0.05, 0.1) is 0 Å². The molecule has 3 rings (SSSR count). The molecule has 1 heterocycles. The zero-order valence-corrected chi connectivity index (χ0v) is 12.6. The fourth-order valence-electron chi connectivity index (χ4n) is 3.50. The normalized spacial score (nSPS) is 31.4. The number of nitrogens with one attached hydrogen (secondary N) is 1. The minimum Gasteiger partial charge on any atom is -0.508 e. The lowest BCUT2D eigenvalue weighted by Gasteiger charge is -2.48. The molecule has 0 radical (unpaired) electrons. The topological polar surface area (TPSA) is 35.5 Å². The number of phenols is 1. The fraction of sp³-hybridized carbons (Fsp3) is 0.647. The standard InChI is InChI=1S/C17H26N2O/c1-3-15-11-19(10-13-5-4-6-16(20)9-13)17(2,12-18-15)14-7-8-14/h4-6,9,14-15,18,20H,3,7-8,10-12H2,1-2H3. The Hall–Kier alpha value is -1.06. The van der Waals surface area contributed by atoms with Crippen LogP contribution in [0.25, 0.3) is 0 Å². The van der Waals surface area contributed by atoms with E-state index in [1.54, 1.807) is 6.07 Å². The summed E-state index contributed by atoms with van der Waals surface area (Å²) in [6, 6.07) is 8.31. The molecule has 110 valence electrons. The van der Waals surface area contributed by atoms with Crippen molar-refractivity contribution in [2.75, 3.05) is 13.1 Å². The quantitative estimate of drug-likeness (QED) is 0.886. The minimum absolute atomic E-state index is 0.275. The summed E-state index contributed by atoms with van der Waals surface area (Å²) in [5.74, 6) is 1.21. The highest BCUT2D eigenvalue weighted by atomic mass is 16.3. The van der Waals surface area contributed by atoms with E-state index in [0.717, 1.165) is 25.6 Å². The third-order valence-electron chi connectivity index (χ3n) is 5.15. The molecule has 1 aromatic carbocycles. The van der Waals surface area contributed by atoms with Gasteiger partial charge < -0.3 is 10.4 Å². The second-order valence-electron chi connectivity index (χ2n) is 6.67. The molecular formula is C17H26N2O. The molecule has 1 saturated carbocycles. The molecule has 1 aromatic rings. The van der Waals surface area contributed by atoms with Gasteiger partial charge in [-0.25, -0.2) is 0 Å². The minimum atomic E-state index is 0.275. The summed E-state index contributed by atoms with van der Waals surface area (Å²) in [5, 5.41) is 13.4. The Morgan fingerprint density at radius 2 is 2.20 bits per heavy atom. The first kappa shape index (κ1) is 13.9. The highest BCUT2D eigenvalue weighted by molar-refractivity contribution is 5.27. The van der Waals surface area contributed by atoms with Crippen LogP contribution in [0.5, 0.6) is 5.75 Å². The van der Waals surface area contributed by atoms with Gasteiger partial charge in [-0.15, -0.1) is 0 Å². The molecule has 3 heteroatoms. The molecule has 1 aliphatic heterocycles. The number of piperazine rings is 1. The smallest absolute Gasteiger partial charge is 0.115 e. The lowest BCUT2D eigenvalue weighted by Crippen LogP contribution is -2.63. The van der Waals surface area contributed by atoms with Crippen molar-refractivity contribution >= 4 is 0 Å². The summed E-state index contributed by atoms with van der Waals surface area (Å²) in [7, 11) is 0. The van der Waals surface area contributed by atoms with Crippen LogP contribution in [0, 0.1) is 5.92 Å². The monoisotopic (exact) mass is 274 g/mol. The van der Waals surface area contributed by atoms with E-state index in [1.807, 2.05) is 12.1 Å². The second-order valence-corrected chi connectivity index (χ2v) is 6.67. The first-order chi connectivity index (χ1) is 9.61. The summed E-state index contributed by atoms with van der Waals surface area (Å²) in [6.07, 6.45) is 3.91. The SMILES string of the molecule is CCC1CN(Cc2cccc(O)c2)C(C)(C2CC2)CN1. The third-order valence-corrected chi connectivity index (χ3v) is 5.15. The predicted octanol–water partition coefficient (Wildman–Crippen LogP) is 2.74. The van der Waals surface area contributed by atoms with Crippen molar-refractivity contribution in [3.63, 3.8) is 0 Å². The second kappa shape index (κ2) is 5.38. The van der Waals surface area contributed by atoms with Crippen LogP contribution in [0.2, 0.25) is 0 Å². The van der Waals surface area contributed by atoms with E-state index in [0.29, 0.717) is 11.8 Å². The van der Waals surface area contributed by atoms with Crippen LogP contribution in [-0.2, 0) is 6.54 Å². The van der Waals surface area contributed by atoms with Crippen LogP contribution in [0.3, 0.4) is 0 Å². The summed E-state index contributed by atoms with van der Waals surface area (Å²) in [5.41, 5.74) is 1.49. The molecule has 1 saturated heterocycles. The van der Waals surface area contributed by atoms with Gasteiger partial charge in [0.25, 0.3) is 0 Å². The van der Waals surface area contributed by atoms with Gasteiger partial charge >= 0.3 is 0 Å². The summed E-state index contributed by atoms with van der Waals surface area (Å²) in [6.45, 7) is 7.81. The van der Waals surface area contributed by atoms with Crippen LogP contribution < -0.4 is 5.32 Å². The average Bonchev–Trinajstić information content (AvgIpc) is 3.26. The van der Waals surface area contributed by atoms with E-state index in [4.69, 9.17) is 0 Å². The number of rotatable bonds is 4. The number of phenolic OH excluding ortho intramolecular Hbond substituents is 1.